The predicted molar refractivity (Wildman–Crippen MR) is 139 cm³/mol. The van der Waals surface area contributed by atoms with Crippen LogP contribution < -0.4 is 15.8 Å². The summed E-state index contributed by atoms with van der Waals surface area (Å²) in [5, 5.41) is 4.81. The lowest BCUT2D eigenvalue weighted by Crippen LogP contribution is -2.23. The first-order chi connectivity index (χ1) is 17.0. The van der Waals surface area contributed by atoms with E-state index in [9.17, 15) is 9.59 Å². The number of nitrogens with zero attached hydrogens (tertiary/aromatic N) is 1. The monoisotopic (exact) mass is 472 g/mol. The molecule has 7 nitrogen and oxygen atoms in total. The molecule has 0 saturated carbocycles. The summed E-state index contributed by atoms with van der Waals surface area (Å²) in [7, 11) is 1.61. The normalized spacial score (nSPS) is 12.1. The third-order valence-electron chi connectivity index (χ3n) is 6.36. The highest BCUT2D eigenvalue weighted by Gasteiger charge is 2.13. The Morgan fingerprint density at radius 3 is 2.60 bits per heavy atom. The van der Waals surface area contributed by atoms with E-state index in [0.29, 0.717) is 12.1 Å². The van der Waals surface area contributed by atoms with Crippen LogP contribution in [0.25, 0.3) is 21.9 Å². The molecule has 0 radical (unpaired) electrons. The van der Waals surface area contributed by atoms with E-state index in [-0.39, 0.29) is 30.6 Å². The fourth-order valence-electron chi connectivity index (χ4n) is 4.07. The van der Waals surface area contributed by atoms with E-state index in [1.807, 2.05) is 42.5 Å². The Kier molecular flexibility index (Phi) is 7.77. The number of nitrogens with two attached hydrogens (primary N) is 1. The van der Waals surface area contributed by atoms with Gasteiger partial charge >= 0.3 is 0 Å². The van der Waals surface area contributed by atoms with Crippen LogP contribution in [0.3, 0.4) is 0 Å². The molecule has 0 aliphatic heterocycles. The van der Waals surface area contributed by atoms with Crippen molar-refractivity contribution >= 4 is 33.6 Å². The largest absolute Gasteiger partial charge is 0.497 e. The molecule has 1 amide bonds. The Bertz CT molecular complexity index is 1330. The average molecular weight is 473 g/mol. The van der Waals surface area contributed by atoms with Crippen molar-refractivity contribution in [2.75, 3.05) is 7.11 Å². The second-order valence-electron chi connectivity index (χ2n) is 8.84. The molecule has 2 aromatic carbocycles. The summed E-state index contributed by atoms with van der Waals surface area (Å²) in [4.78, 5) is 33.2. The van der Waals surface area contributed by atoms with Crippen LogP contribution in [-0.4, -0.2) is 34.8 Å². The number of aromatic nitrogens is 2. The van der Waals surface area contributed by atoms with E-state index in [1.165, 1.54) is 0 Å². The van der Waals surface area contributed by atoms with Gasteiger partial charge in [0.15, 0.2) is 5.78 Å². The zero-order chi connectivity index (χ0) is 24.8. The van der Waals surface area contributed by atoms with Gasteiger partial charge in [-0.05, 0) is 67.3 Å². The molecule has 1 atom stereocenters. The first-order valence-electron chi connectivity index (χ1n) is 12.1. The fraction of sp³-hybridized carbons (Fsp3) is 0.321. The topological polar surface area (TPSA) is 110 Å². The van der Waals surface area contributed by atoms with E-state index < -0.39 is 0 Å². The van der Waals surface area contributed by atoms with Crippen LogP contribution in [0.2, 0.25) is 0 Å². The van der Waals surface area contributed by atoms with Gasteiger partial charge in [0.05, 0.1) is 7.11 Å². The standard InChI is InChI=1S/C28H32N4O3/c1-3-20(29)7-8-21-9-12-23-24-16-19(6-13-25(24)32-28(23)31-21)26(33)14-15-27(34)30-17-18-4-10-22(35-2)11-5-18/h4-6,9-13,16,20H,3,7-8,14-15,17,29H2,1-2H3,(H,30,34)(H,31,32). The average Bonchev–Trinajstić information content (AvgIpc) is 3.26. The summed E-state index contributed by atoms with van der Waals surface area (Å²) >= 11 is 0. The van der Waals surface area contributed by atoms with Crippen molar-refractivity contribution in [3.63, 3.8) is 0 Å². The van der Waals surface area contributed by atoms with Crippen LogP contribution in [0.5, 0.6) is 5.75 Å². The van der Waals surface area contributed by atoms with Crippen LogP contribution >= 0.6 is 0 Å². The third kappa shape index (κ3) is 6.05. The molecule has 35 heavy (non-hydrogen) atoms. The summed E-state index contributed by atoms with van der Waals surface area (Å²) < 4.78 is 5.14. The molecular weight excluding hydrogens is 440 g/mol. The molecule has 4 N–H and O–H groups in total. The SMILES string of the molecule is CCC(N)CCc1ccc2c(n1)[nH]c1ccc(C(=O)CCC(=O)NCc3ccc(OC)cc3)cc12. The Labute approximate surface area is 205 Å². The summed E-state index contributed by atoms with van der Waals surface area (Å²) in [5.74, 6) is 0.562. The van der Waals surface area contributed by atoms with Gasteiger partial charge < -0.3 is 20.8 Å². The maximum Gasteiger partial charge on any atom is 0.220 e. The number of Topliss-reactive ketones (excluding diaryl/α,β-unsaturated/α-hetero) is 1. The first-order valence-corrected chi connectivity index (χ1v) is 12.1. The third-order valence-corrected chi connectivity index (χ3v) is 6.36. The van der Waals surface area contributed by atoms with Crippen LogP contribution in [0.15, 0.2) is 54.6 Å². The highest BCUT2D eigenvalue weighted by molar-refractivity contribution is 6.09. The molecule has 0 saturated heterocycles. The number of ether oxygens (including phenoxy) is 1. The van der Waals surface area contributed by atoms with Crippen molar-refractivity contribution in [2.24, 2.45) is 5.73 Å². The maximum atomic E-state index is 12.8. The molecule has 0 spiro atoms. The number of benzene rings is 2. The second-order valence-corrected chi connectivity index (χ2v) is 8.84. The molecule has 2 aromatic heterocycles. The quantitative estimate of drug-likeness (QED) is 0.275. The van der Waals surface area contributed by atoms with Crippen molar-refractivity contribution in [2.45, 2.75) is 51.6 Å². The minimum Gasteiger partial charge on any atom is -0.497 e. The van der Waals surface area contributed by atoms with Gasteiger partial charge in [0.1, 0.15) is 11.4 Å². The molecule has 4 rings (SSSR count). The van der Waals surface area contributed by atoms with Gasteiger partial charge in [0, 0.05) is 53.0 Å². The smallest absolute Gasteiger partial charge is 0.220 e. The second kappa shape index (κ2) is 11.1. The molecule has 0 fully saturated rings. The number of rotatable bonds is 11. The number of hydrogen-bond acceptors (Lipinski definition) is 5. The molecule has 0 aliphatic rings. The summed E-state index contributed by atoms with van der Waals surface area (Å²) in [6.07, 6.45) is 3.00. The maximum absolute atomic E-state index is 12.8. The summed E-state index contributed by atoms with van der Waals surface area (Å²) in [5.41, 5.74) is 10.4. The van der Waals surface area contributed by atoms with Gasteiger partial charge in [0.25, 0.3) is 0 Å². The van der Waals surface area contributed by atoms with E-state index >= 15 is 0 Å². The Morgan fingerprint density at radius 2 is 1.86 bits per heavy atom. The molecule has 7 heteroatoms. The number of aryl methyl sites for hydroxylation is 1. The molecule has 182 valence electrons. The van der Waals surface area contributed by atoms with Gasteiger partial charge in [0.2, 0.25) is 5.91 Å². The number of H-pyrrole nitrogens is 1. The van der Waals surface area contributed by atoms with Crippen LogP contribution in [0.4, 0.5) is 0 Å². The van der Waals surface area contributed by atoms with E-state index in [1.54, 1.807) is 13.2 Å². The number of hydrogen-bond donors (Lipinski definition) is 3. The van der Waals surface area contributed by atoms with Gasteiger partial charge in [-0.25, -0.2) is 4.98 Å². The number of methoxy groups -OCH3 is 1. The van der Waals surface area contributed by atoms with Crippen LogP contribution in [0, 0.1) is 0 Å². The van der Waals surface area contributed by atoms with Crippen molar-refractivity contribution in [1.29, 1.82) is 0 Å². The van der Waals surface area contributed by atoms with Crippen LogP contribution in [0.1, 0.15) is 54.2 Å². The van der Waals surface area contributed by atoms with E-state index in [2.05, 4.69) is 23.3 Å². The summed E-state index contributed by atoms with van der Waals surface area (Å²) in [6.45, 7) is 2.50. The lowest BCUT2D eigenvalue weighted by atomic mass is 10.0. The molecule has 0 aliphatic carbocycles. The Balaban J connectivity index is 1.37. The molecule has 1 unspecified atom stereocenters. The summed E-state index contributed by atoms with van der Waals surface area (Å²) in [6, 6.07) is 17.4. The molecular formula is C28H32N4O3. The number of aromatic amines is 1. The Hall–Kier alpha value is -3.71. The number of nitrogens with one attached hydrogen (secondary N) is 2. The minimum atomic E-state index is -0.151. The zero-order valence-corrected chi connectivity index (χ0v) is 20.3. The number of amides is 1. The Morgan fingerprint density at radius 1 is 1.06 bits per heavy atom. The predicted octanol–water partition coefficient (Wildman–Crippen LogP) is 4.67. The lowest BCUT2D eigenvalue weighted by molar-refractivity contribution is -0.121. The zero-order valence-electron chi connectivity index (χ0n) is 20.3. The van der Waals surface area contributed by atoms with Gasteiger partial charge in [-0.3, -0.25) is 9.59 Å². The fourth-order valence-corrected chi connectivity index (χ4v) is 4.07. The van der Waals surface area contributed by atoms with Crippen molar-refractivity contribution in [3.05, 3.63) is 71.4 Å². The van der Waals surface area contributed by atoms with Gasteiger partial charge in [-0.1, -0.05) is 19.1 Å². The highest BCUT2D eigenvalue weighted by Crippen LogP contribution is 2.26. The van der Waals surface area contributed by atoms with Crippen LogP contribution in [-0.2, 0) is 17.8 Å². The first kappa shape index (κ1) is 24.4. The van der Waals surface area contributed by atoms with E-state index in [0.717, 1.165) is 58.2 Å². The van der Waals surface area contributed by atoms with Crippen molar-refractivity contribution in [3.8, 4) is 5.75 Å². The van der Waals surface area contributed by atoms with Crippen molar-refractivity contribution < 1.29 is 14.3 Å². The highest BCUT2D eigenvalue weighted by atomic mass is 16.5. The van der Waals surface area contributed by atoms with Gasteiger partial charge in [-0.15, -0.1) is 0 Å². The molecule has 0 bridgehead atoms. The number of carbonyl (C=O) groups is 2. The van der Waals surface area contributed by atoms with E-state index in [4.69, 9.17) is 15.5 Å². The van der Waals surface area contributed by atoms with Crippen molar-refractivity contribution in [1.82, 2.24) is 15.3 Å². The lowest BCUT2D eigenvalue weighted by Gasteiger charge is -2.07. The number of pyridine rings is 1. The minimum absolute atomic E-state index is 0.0565. The number of fused-ring (bicyclic) bond motifs is 3. The molecule has 2 heterocycles. The molecule has 4 aromatic rings. The van der Waals surface area contributed by atoms with Gasteiger partial charge in [-0.2, -0.15) is 0 Å². The number of ketones is 1. The number of carbonyl (C=O) groups excluding carboxylic acids is 2.